The van der Waals surface area contributed by atoms with Crippen molar-refractivity contribution >= 4 is 34.8 Å². The van der Waals surface area contributed by atoms with Gasteiger partial charge in [-0.2, -0.15) is 0 Å². The summed E-state index contributed by atoms with van der Waals surface area (Å²) < 4.78 is 0. The summed E-state index contributed by atoms with van der Waals surface area (Å²) >= 11 is 12.0. The van der Waals surface area contributed by atoms with Gasteiger partial charge in [0.2, 0.25) is 0 Å². The predicted octanol–water partition coefficient (Wildman–Crippen LogP) is 6.71. The van der Waals surface area contributed by atoms with E-state index >= 15 is 0 Å². The molecule has 0 heterocycles. The molecule has 6 rings (SSSR count). The second-order valence-corrected chi connectivity index (χ2v) is 9.76. The average molecular weight is 400 g/mol. The lowest BCUT2D eigenvalue weighted by Gasteiger charge is -2.57. The van der Waals surface area contributed by atoms with Crippen LogP contribution in [0.1, 0.15) is 54.4 Å². The van der Waals surface area contributed by atoms with Crippen molar-refractivity contribution in [3.63, 3.8) is 0 Å². The number of halogens is 2. The van der Waals surface area contributed by atoms with Gasteiger partial charge in [0.1, 0.15) is 0 Å². The second kappa shape index (κ2) is 6.53. The SMILES string of the molecule is O=C(Nc1ccc(C23CC4CC(CC(C4)C2)C3)cc1)c1cc(Cl)cc(Cl)c1. The van der Waals surface area contributed by atoms with Gasteiger partial charge in [-0.3, -0.25) is 4.79 Å². The number of carbonyl (C=O) groups excluding carboxylic acids is 1. The zero-order valence-corrected chi connectivity index (χ0v) is 16.7. The van der Waals surface area contributed by atoms with Gasteiger partial charge < -0.3 is 5.32 Å². The highest BCUT2D eigenvalue weighted by Gasteiger charge is 2.51. The van der Waals surface area contributed by atoms with Crippen LogP contribution < -0.4 is 5.32 Å². The molecule has 0 radical (unpaired) electrons. The fourth-order valence-corrected chi connectivity index (χ4v) is 6.79. The first kappa shape index (κ1) is 17.6. The molecular weight excluding hydrogens is 377 g/mol. The third kappa shape index (κ3) is 3.28. The Morgan fingerprint density at radius 3 is 1.89 bits per heavy atom. The topological polar surface area (TPSA) is 29.1 Å². The molecule has 0 unspecified atom stereocenters. The van der Waals surface area contributed by atoms with E-state index in [4.69, 9.17) is 23.2 Å². The summed E-state index contributed by atoms with van der Waals surface area (Å²) in [5.74, 6) is 2.61. The summed E-state index contributed by atoms with van der Waals surface area (Å²) in [7, 11) is 0. The number of amides is 1. The molecular formula is C23H23Cl2NO. The fraction of sp³-hybridized carbons (Fsp3) is 0.435. The number of hydrogen-bond donors (Lipinski definition) is 1. The first-order valence-corrected chi connectivity index (χ1v) is 10.6. The Labute approximate surface area is 170 Å². The minimum atomic E-state index is -0.193. The van der Waals surface area contributed by atoms with Crippen molar-refractivity contribution in [1.82, 2.24) is 0 Å². The lowest BCUT2D eigenvalue weighted by molar-refractivity contribution is -0.00518. The quantitative estimate of drug-likeness (QED) is 0.609. The normalized spacial score (nSPS) is 31.1. The van der Waals surface area contributed by atoms with Gasteiger partial charge >= 0.3 is 0 Å². The van der Waals surface area contributed by atoms with E-state index in [1.54, 1.807) is 18.2 Å². The Kier molecular flexibility index (Phi) is 4.25. The molecule has 27 heavy (non-hydrogen) atoms. The maximum absolute atomic E-state index is 12.5. The van der Waals surface area contributed by atoms with E-state index < -0.39 is 0 Å². The van der Waals surface area contributed by atoms with Crippen molar-refractivity contribution in [2.45, 2.75) is 43.9 Å². The zero-order valence-electron chi connectivity index (χ0n) is 15.2. The van der Waals surface area contributed by atoms with Crippen molar-refractivity contribution in [1.29, 1.82) is 0 Å². The van der Waals surface area contributed by atoms with Crippen molar-refractivity contribution in [3.8, 4) is 0 Å². The van der Waals surface area contributed by atoms with E-state index in [1.807, 2.05) is 12.1 Å². The monoisotopic (exact) mass is 399 g/mol. The van der Waals surface area contributed by atoms with Crippen molar-refractivity contribution in [3.05, 3.63) is 63.6 Å². The van der Waals surface area contributed by atoms with Crippen LogP contribution in [0.5, 0.6) is 0 Å². The first-order valence-electron chi connectivity index (χ1n) is 9.87. The number of hydrogen-bond acceptors (Lipinski definition) is 1. The van der Waals surface area contributed by atoms with Crippen LogP contribution in [0.3, 0.4) is 0 Å². The van der Waals surface area contributed by atoms with Crippen LogP contribution in [0, 0.1) is 17.8 Å². The molecule has 0 atom stereocenters. The van der Waals surface area contributed by atoms with Crippen molar-refractivity contribution < 1.29 is 4.79 Å². The summed E-state index contributed by atoms with van der Waals surface area (Å²) in [5.41, 5.74) is 3.13. The fourth-order valence-electron chi connectivity index (χ4n) is 6.26. The molecule has 2 aromatic rings. The average Bonchev–Trinajstić information content (AvgIpc) is 2.60. The molecule has 140 valence electrons. The lowest BCUT2D eigenvalue weighted by atomic mass is 9.48. The third-order valence-corrected chi connectivity index (χ3v) is 7.35. The molecule has 0 spiro atoms. The van der Waals surface area contributed by atoms with Gasteiger partial charge in [-0.15, -0.1) is 0 Å². The Morgan fingerprint density at radius 1 is 0.852 bits per heavy atom. The van der Waals surface area contributed by atoms with Gasteiger partial charge in [0.25, 0.3) is 5.91 Å². The van der Waals surface area contributed by atoms with Crippen LogP contribution in [0.25, 0.3) is 0 Å². The molecule has 1 N–H and O–H groups in total. The Hall–Kier alpha value is -1.51. The second-order valence-electron chi connectivity index (χ2n) is 8.89. The van der Waals surface area contributed by atoms with E-state index in [9.17, 15) is 4.79 Å². The minimum Gasteiger partial charge on any atom is -0.322 e. The first-order chi connectivity index (χ1) is 13.0. The summed E-state index contributed by atoms with van der Waals surface area (Å²) in [6.07, 6.45) is 8.42. The zero-order chi connectivity index (χ0) is 18.6. The van der Waals surface area contributed by atoms with Gasteiger partial charge in [0.05, 0.1) is 0 Å². The van der Waals surface area contributed by atoms with Gasteiger partial charge in [0.15, 0.2) is 0 Å². The van der Waals surface area contributed by atoms with E-state index in [-0.39, 0.29) is 5.91 Å². The van der Waals surface area contributed by atoms with E-state index in [2.05, 4.69) is 17.4 Å². The van der Waals surface area contributed by atoms with Gasteiger partial charge in [-0.05, 0) is 97.6 Å². The number of carbonyl (C=O) groups is 1. The van der Waals surface area contributed by atoms with E-state index in [1.165, 1.54) is 44.1 Å². The number of anilines is 1. The highest BCUT2D eigenvalue weighted by molar-refractivity contribution is 6.35. The van der Waals surface area contributed by atoms with Crippen LogP contribution in [0.15, 0.2) is 42.5 Å². The Balaban J connectivity index is 1.34. The molecule has 2 nitrogen and oxygen atoms in total. The summed E-state index contributed by atoms with van der Waals surface area (Å²) in [5, 5.41) is 3.88. The van der Waals surface area contributed by atoms with Crippen molar-refractivity contribution in [2.24, 2.45) is 17.8 Å². The van der Waals surface area contributed by atoms with E-state index in [0.29, 0.717) is 21.0 Å². The maximum atomic E-state index is 12.5. The molecule has 0 aliphatic heterocycles. The molecule has 0 saturated heterocycles. The standard InChI is InChI=1S/C23H23Cl2NO/c24-19-8-17(9-20(25)10-19)22(27)26-21-3-1-18(2-4-21)23-11-14-5-15(12-23)7-16(6-14)13-23/h1-4,8-10,14-16H,5-7,11-13H2,(H,26,27). The summed E-state index contributed by atoms with van der Waals surface area (Å²) in [6, 6.07) is 13.4. The molecule has 4 bridgehead atoms. The predicted molar refractivity (Wildman–Crippen MR) is 111 cm³/mol. The van der Waals surface area contributed by atoms with Gasteiger partial charge in [-0.1, -0.05) is 35.3 Å². The highest BCUT2D eigenvalue weighted by Crippen LogP contribution is 2.60. The lowest BCUT2D eigenvalue weighted by Crippen LogP contribution is -2.48. The van der Waals surface area contributed by atoms with Crippen LogP contribution in [-0.4, -0.2) is 5.91 Å². The molecule has 0 aromatic heterocycles. The van der Waals surface area contributed by atoms with Crippen molar-refractivity contribution in [2.75, 3.05) is 5.32 Å². The minimum absolute atomic E-state index is 0.193. The summed E-state index contributed by atoms with van der Waals surface area (Å²) in [4.78, 5) is 12.5. The number of nitrogens with one attached hydrogen (secondary N) is 1. The van der Waals surface area contributed by atoms with E-state index in [0.717, 1.165) is 23.4 Å². The molecule has 4 heteroatoms. The molecule has 1 amide bonds. The smallest absolute Gasteiger partial charge is 0.255 e. The molecule has 4 aliphatic rings. The van der Waals surface area contributed by atoms with Crippen LogP contribution >= 0.6 is 23.2 Å². The molecule has 4 fully saturated rings. The largest absolute Gasteiger partial charge is 0.322 e. The van der Waals surface area contributed by atoms with Crippen LogP contribution in [-0.2, 0) is 5.41 Å². The third-order valence-electron chi connectivity index (χ3n) is 6.92. The Bertz CT molecular complexity index is 834. The van der Waals surface area contributed by atoms with Crippen LogP contribution in [0.2, 0.25) is 10.0 Å². The van der Waals surface area contributed by atoms with Crippen LogP contribution in [0.4, 0.5) is 5.69 Å². The highest BCUT2D eigenvalue weighted by atomic mass is 35.5. The Morgan fingerprint density at radius 2 is 1.37 bits per heavy atom. The number of rotatable bonds is 3. The maximum Gasteiger partial charge on any atom is 0.255 e. The van der Waals surface area contributed by atoms with Gasteiger partial charge in [0, 0.05) is 21.3 Å². The van der Waals surface area contributed by atoms with Gasteiger partial charge in [-0.25, -0.2) is 0 Å². The summed E-state index contributed by atoms with van der Waals surface area (Å²) in [6.45, 7) is 0. The molecule has 2 aromatic carbocycles. The molecule has 4 aliphatic carbocycles. The number of benzene rings is 2. The molecule has 4 saturated carbocycles.